The second kappa shape index (κ2) is 7.75. The van der Waals surface area contributed by atoms with Crippen LogP contribution in [0.1, 0.15) is 23.0 Å². The molecule has 0 bridgehead atoms. The maximum absolute atomic E-state index is 12.4. The fourth-order valence-electron chi connectivity index (χ4n) is 2.30. The highest BCUT2D eigenvalue weighted by atomic mass is 32.1. The van der Waals surface area contributed by atoms with Crippen LogP contribution in [0.5, 0.6) is 5.75 Å². The van der Waals surface area contributed by atoms with Gasteiger partial charge in [0, 0.05) is 10.9 Å². The maximum Gasteiger partial charge on any atom is 0.255 e. The van der Waals surface area contributed by atoms with Gasteiger partial charge in [0.25, 0.3) is 5.91 Å². The van der Waals surface area contributed by atoms with Gasteiger partial charge in [-0.2, -0.15) is 0 Å². The van der Waals surface area contributed by atoms with Gasteiger partial charge in [0.1, 0.15) is 10.8 Å². The highest BCUT2D eigenvalue weighted by Gasteiger charge is 2.12. The van der Waals surface area contributed by atoms with E-state index in [1.54, 1.807) is 23.5 Å². The Bertz CT molecular complexity index is 815. The van der Waals surface area contributed by atoms with Crippen LogP contribution in [0.15, 0.2) is 60.0 Å². The van der Waals surface area contributed by atoms with Crippen LogP contribution in [0.4, 0.5) is 0 Å². The van der Waals surface area contributed by atoms with Crippen molar-refractivity contribution >= 4 is 17.2 Å². The largest absolute Gasteiger partial charge is 0.493 e. The number of rotatable bonds is 6. The van der Waals surface area contributed by atoms with Crippen LogP contribution in [0.3, 0.4) is 0 Å². The van der Waals surface area contributed by atoms with E-state index in [9.17, 15) is 4.79 Å². The molecule has 1 amide bonds. The van der Waals surface area contributed by atoms with Crippen molar-refractivity contribution in [2.24, 2.45) is 0 Å². The third-order valence-corrected chi connectivity index (χ3v) is 4.37. The average Bonchev–Trinajstić information content (AvgIpc) is 3.10. The third kappa shape index (κ3) is 3.81. The molecule has 0 radical (unpaired) electrons. The highest BCUT2D eigenvalue weighted by molar-refractivity contribution is 7.13. The number of nitrogens with zero attached hydrogens (tertiary/aromatic N) is 1. The van der Waals surface area contributed by atoms with Gasteiger partial charge in [0.2, 0.25) is 0 Å². The predicted molar refractivity (Wildman–Crippen MR) is 96.3 cm³/mol. The van der Waals surface area contributed by atoms with E-state index in [-0.39, 0.29) is 5.91 Å². The summed E-state index contributed by atoms with van der Waals surface area (Å²) in [6.45, 7) is 2.81. The number of nitrogens with one attached hydrogen (secondary N) is 1. The molecule has 0 spiro atoms. The average molecular weight is 338 g/mol. The Hall–Kier alpha value is -2.66. The number of carbonyl (C=O) groups is 1. The molecule has 3 aromatic rings. The van der Waals surface area contributed by atoms with Crippen molar-refractivity contribution in [3.63, 3.8) is 0 Å². The quantitative estimate of drug-likeness (QED) is 0.735. The van der Waals surface area contributed by atoms with E-state index >= 15 is 0 Å². The zero-order valence-electron chi connectivity index (χ0n) is 13.4. The van der Waals surface area contributed by atoms with Crippen molar-refractivity contribution in [1.82, 2.24) is 10.3 Å². The second-order valence-electron chi connectivity index (χ2n) is 5.12. The first kappa shape index (κ1) is 16.2. The van der Waals surface area contributed by atoms with E-state index in [1.165, 1.54) is 0 Å². The fourth-order valence-corrected chi connectivity index (χ4v) is 3.13. The van der Waals surface area contributed by atoms with Gasteiger partial charge in [-0.25, -0.2) is 4.98 Å². The molecule has 0 aliphatic rings. The molecule has 0 saturated carbocycles. The molecule has 3 rings (SSSR count). The van der Waals surface area contributed by atoms with Crippen molar-refractivity contribution in [1.29, 1.82) is 0 Å². The Morgan fingerprint density at radius 1 is 1.12 bits per heavy atom. The minimum absolute atomic E-state index is 0.159. The van der Waals surface area contributed by atoms with Crippen molar-refractivity contribution in [3.05, 3.63) is 71.2 Å². The zero-order chi connectivity index (χ0) is 16.8. The molecule has 0 aliphatic heterocycles. The summed E-state index contributed by atoms with van der Waals surface area (Å²) in [4.78, 5) is 17.0. The minimum atomic E-state index is -0.159. The molecule has 1 N–H and O–H groups in total. The summed E-state index contributed by atoms with van der Waals surface area (Å²) in [5, 5.41) is 5.83. The summed E-state index contributed by atoms with van der Waals surface area (Å²) >= 11 is 1.57. The lowest BCUT2D eigenvalue weighted by Gasteiger charge is -2.09. The van der Waals surface area contributed by atoms with Gasteiger partial charge in [-0.3, -0.25) is 4.79 Å². The number of ether oxygens (including phenoxy) is 1. The van der Waals surface area contributed by atoms with Crippen molar-refractivity contribution in [2.75, 3.05) is 6.61 Å². The molecular formula is C19H18N2O2S. The Labute approximate surface area is 145 Å². The van der Waals surface area contributed by atoms with Gasteiger partial charge in [-0.05, 0) is 19.1 Å². The molecular weight excluding hydrogens is 320 g/mol. The summed E-state index contributed by atoms with van der Waals surface area (Å²) in [5.74, 6) is 0.439. The van der Waals surface area contributed by atoms with Crippen LogP contribution < -0.4 is 10.1 Å². The molecule has 5 heteroatoms. The Morgan fingerprint density at radius 2 is 1.88 bits per heavy atom. The molecule has 24 heavy (non-hydrogen) atoms. The number of para-hydroxylation sites is 1. The Morgan fingerprint density at radius 3 is 2.67 bits per heavy atom. The number of carbonyl (C=O) groups excluding carboxylic acids is 1. The van der Waals surface area contributed by atoms with Gasteiger partial charge < -0.3 is 10.1 Å². The molecule has 2 aromatic carbocycles. The molecule has 0 unspecified atom stereocenters. The zero-order valence-corrected chi connectivity index (χ0v) is 14.2. The topological polar surface area (TPSA) is 51.2 Å². The normalized spacial score (nSPS) is 10.4. The van der Waals surface area contributed by atoms with Crippen molar-refractivity contribution in [3.8, 4) is 16.3 Å². The summed E-state index contributed by atoms with van der Waals surface area (Å²) in [6.07, 6.45) is 0. The molecule has 0 fully saturated rings. The molecule has 4 nitrogen and oxygen atoms in total. The number of thiazole rings is 1. The van der Waals surface area contributed by atoms with Crippen LogP contribution in [0.2, 0.25) is 0 Å². The number of amides is 1. The molecule has 0 atom stereocenters. The first-order valence-corrected chi connectivity index (χ1v) is 8.65. The summed E-state index contributed by atoms with van der Waals surface area (Å²) in [7, 11) is 0. The minimum Gasteiger partial charge on any atom is -0.493 e. The van der Waals surface area contributed by atoms with Gasteiger partial charge in [-0.1, -0.05) is 42.5 Å². The maximum atomic E-state index is 12.4. The molecule has 122 valence electrons. The van der Waals surface area contributed by atoms with Gasteiger partial charge in [0.05, 0.1) is 24.4 Å². The Balaban J connectivity index is 1.66. The summed E-state index contributed by atoms with van der Waals surface area (Å²) in [6, 6.07) is 17.3. The molecule has 0 aliphatic carbocycles. The lowest BCUT2D eigenvalue weighted by Crippen LogP contribution is -2.23. The first-order chi connectivity index (χ1) is 11.8. The van der Waals surface area contributed by atoms with Gasteiger partial charge >= 0.3 is 0 Å². The predicted octanol–water partition coefficient (Wildman–Crippen LogP) is 4.14. The molecule has 1 aromatic heterocycles. The standard InChI is InChI=1S/C19H18N2O2S/c1-2-23-17-11-7-6-10-16(17)18(22)20-12-15-13-24-19(21-15)14-8-4-3-5-9-14/h3-11,13H,2,12H2,1H3,(H,20,22). The van der Waals surface area contributed by atoms with Crippen LogP contribution >= 0.6 is 11.3 Å². The van der Waals surface area contributed by atoms with Gasteiger partial charge in [-0.15, -0.1) is 11.3 Å². The molecule has 1 heterocycles. The fraction of sp³-hybridized carbons (Fsp3) is 0.158. The van der Waals surface area contributed by atoms with Crippen molar-refractivity contribution < 1.29 is 9.53 Å². The van der Waals surface area contributed by atoms with Gasteiger partial charge in [0.15, 0.2) is 0 Å². The lowest BCUT2D eigenvalue weighted by molar-refractivity contribution is 0.0946. The van der Waals surface area contributed by atoms with Crippen molar-refractivity contribution in [2.45, 2.75) is 13.5 Å². The lowest BCUT2D eigenvalue weighted by atomic mass is 10.2. The van der Waals surface area contributed by atoms with E-state index in [2.05, 4.69) is 10.3 Å². The highest BCUT2D eigenvalue weighted by Crippen LogP contribution is 2.23. The number of aromatic nitrogens is 1. The Kier molecular flexibility index (Phi) is 5.23. The van der Waals surface area contributed by atoms with E-state index in [0.717, 1.165) is 16.3 Å². The van der Waals surface area contributed by atoms with Crippen LogP contribution in [0.25, 0.3) is 10.6 Å². The van der Waals surface area contributed by atoms with E-state index in [0.29, 0.717) is 24.5 Å². The monoisotopic (exact) mass is 338 g/mol. The van der Waals surface area contributed by atoms with E-state index in [4.69, 9.17) is 4.74 Å². The molecule has 0 saturated heterocycles. The van der Waals surface area contributed by atoms with Crippen LogP contribution in [-0.2, 0) is 6.54 Å². The number of benzene rings is 2. The van der Waals surface area contributed by atoms with E-state index < -0.39 is 0 Å². The first-order valence-electron chi connectivity index (χ1n) is 7.77. The second-order valence-corrected chi connectivity index (χ2v) is 5.98. The third-order valence-electron chi connectivity index (χ3n) is 3.43. The summed E-state index contributed by atoms with van der Waals surface area (Å²) < 4.78 is 5.50. The smallest absolute Gasteiger partial charge is 0.255 e. The SMILES string of the molecule is CCOc1ccccc1C(=O)NCc1csc(-c2ccccc2)n1. The van der Waals surface area contributed by atoms with E-state index in [1.807, 2.05) is 54.8 Å². The summed E-state index contributed by atoms with van der Waals surface area (Å²) in [5.41, 5.74) is 2.47. The number of hydrogen-bond acceptors (Lipinski definition) is 4. The van der Waals surface area contributed by atoms with Crippen LogP contribution in [0, 0.1) is 0 Å². The van der Waals surface area contributed by atoms with Crippen LogP contribution in [-0.4, -0.2) is 17.5 Å². The number of hydrogen-bond donors (Lipinski definition) is 1.